The van der Waals surface area contributed by atoms with E-state index in [4.69, 9.17) is 9.47 Å². The number of methoxy groups -OCH3 is 1. The van der Waals surface area contributed by atoms with E-state index < -0.39 is 23.3 Å². The van der Waals surface area contributed by atoms with Crippen molar-refractivity contribution in [3.63, 3.8) is 0 Å². The molecule has 0 aromatic heterocycles. The monoisotopic (exact) mass is 476 g/mol. The third-order valence-corrected chi connectivity index (χ3v) is 6.86. The largest absolute Gasteiger partial charge is 0.490 e. The molecule has 0 N–H and O–H groups in total. The minimum absolute atomic E-state index is 0.000659. The van der Waals surface area contributed by atoms with E-state index in [1.165, 1.54) is 48.4 Å². The van der Waals surface area contributed by atoms with E-state index in [1.807, 2.05) is 12.2 Å². The smallest absolute Gasteiger partial charge is 0.338 e. The van der Waals surface area contributed by atoms with Gasteiger partial charge in [-0.05, 0) is 54.7 Å². The Morgan fingerprint density at radius 1 is 1.00 bits per heavy atom. The van der Waals surface area contributed by atoms with E-state index in [1.54, 1.807) is 0 Å². The summed E-state index contributed by atoms with van der Waals surface area (Å²) < 4.78 is 9.97. The lowest BCUT2D eigenvalue weighted by Gasteiger charge is -2.17. The fourth-order valence-electron chi connectivity index (χ4n) is 5.21. The highest BCUT2D eigenvalue weighted by Gasteiger charge is 2.59. The lowest BCUT2D eigenvalue weighted by Crippen LogP contribution is -2.32. The number of amides is 2. The number of rotatable bonds is 7. The number of esters is 1. The average molecular weight is 476 g/mol. The number of ether oxygens (including phenoxy) is 2. The molecule has 2 bridgehead atoms. The fraction of sp³-hybridized carbons (Fsp3) is 0.280. The minimum atomic E-state index is -0.786. The van der Waals surface area contributed by atoms with Crippen LogP contribution in [0.5, 0.6) is 5.75 Å². The van der Waals surface area contributed by atoms with Crippen LogP contribution in [0, 0.1) is 33.8 Å². The number of Topliss-reactive ketones (excluding diaryl/α,β-unsaturated/α-hetero) is 1. The molecule has 0 unspecified atom stereocenters. The van der Waals surface area contributed by atoms with Crippen molar-refractivity contribution >= 4 is 34.9 Å². The van der Waals surface area contributed by atoms with Gasteiger partial charge in [-0.2, -0.15) is 0 Å². The second kappa shape index (κ2) is 8.46. The number of hydrogen-bond acceptors (Lipinski definition) is 8. The molecule has 178 valence electrons. The lowest BCUT2D eigenvalue weighted by atomic mass is 9.85. The predicted octanol–water partition coefficient (Wildman–Crippen LogP) is 2.95. The molecule has 35 heavy (non-hydrogen) atoms. The lowest BCUT2D eigenvalue weighted by molar-refractivity contribution is -0.385. The molecule has 1 saturated heterocycles. The Balaban J connectivity index is 1.24. The number of fused-ring (bicyclic) bond motifs is 5. The van der Waals surface area contributed by atoms with Gasteiger partial charge in [0, 0.05) is 11.6 Å². The van der Waals surface area contributed by atoms with Crippen LogP contribution in [0.3, 0.4) is 0 Å². The maximum atomic E-state index is 12.9. The molecule has 2 aromatic carbocycles. The van der Waals surface area contributed by atoms with Crippen molar-refractivity contribution in [2.45, 2.75) is 6.42 Å². The zero-order valence-corrected chi connectivity index (χ0v) is 18.6. The number of benzene rings is 2. The van der Waals surface area contributed by atoms with Crippen molar-refractivity contribution in [1.82, 2.24) is 0 Å². The molecule has 2 amide bonds. The van der Waals surface area contributed by atoms with E-state index in [0.29, 0.717) is 5.69 Å². The fourth-order valence-corrected chi connectivity index (χ4v) is 5.21. The van der Waals surface area contributed by atoms with Gasteiger partial charge in [-0.1, -0.05) is 12.2 Å². The summed E-state index contributed by atoms with van der Waals surface area (Å²) in [6.45, 7) is -0.619. The number of imide groups is 1. The predicted molar refractivity (Wildman–Crippen MR) is 121 cm³/mol. The van der Waals surface area contributed by atoms with E-state index in [2.05, 4.69) is 0 Å². The van der Waals surface area contributed by atoms with Gasteiger partial charge in [-0.3, -0.25) is 29.4 Å². The molecule has 2 aliphatic carbocycles. The Bertz CT molecular complexity index is 1270. The summed E-state index contributed by atoms with van der Waals surface area (Å²) >= 11 is 0. The van der Waals surface area contributed by atoms with E-state index in [9.17, 15) is 29.3 Å². The van der Waals surface area contributed by atoms with Gasteiger partial charge in [0.25, 0.3) is 0 Å². The molecule has 0 radical (unpaired) electrons. The topological polar surface area (TPSA) is 133 Å². The standard InChI is InChI=1S/C25H20N2O8/c1-34-20-9-6-14(11-18(20)27(32)33)19(28)12-35-25(31)13-4-7-17(8-5-13)26-23(29)21-15-2-3-16(10-15)22(21)24(26)30/h2-9,11,15-16,21-22H,10,12H2,1H3/t15-,16+,21-,22-/m0/s1. The molecule has 10 heteroatoms. The summed E-state index contributed by atoms with van der Waals surface area (Å²) in [6.07, 6.45) is 4.88. The highest BCUT2D eigenvalue weighted by Crippen LogP contribution is 2.53. The van der Waals surface area contributed by atoms with Crippen LogP contribution in [0.1, 0.15) is 27.1 Å². The molecule has 1 aliphatic heterocycles. The molecule has 1 saturated carbocycles. The van der Waals surface area contributed by atoms with Crippen LogP contribution < -0.4 is 9.64 Å². The van der Waals surface area contributed by atoms with Crippen LogP contribution in [0.2, 0.25) is 0 Å². The summed E-state index contributed by atoms with van der Waals surface area (Å²) in [5.41, 5.74) is 0.134. The van der Waals surface area contributed by atoms with Crippen molar-refractivity contribution in [2.24, 2.45) is 23.7 Å². The number of nitrogens with zero attached hydrogens (tertiary/aromatic N) is 2. The van der Waals surface area contributed by atoms with Gasteiger partial charge >= 0.3 is 11.7 Å². The van der Waals surface area contributed by atoms with Crippen LogP contribution in [-0.4, -0.2) is 42.2 Å². The molecule has 5 rings (SSSR count). The molecule has 3 aliphatic rings. The Labute approximate surface area is 199 Å². The zero-order chi connectivity index (χ0) is 24.9. The third kappa shape index (κ3) is 3.67. The highest BCUT2D eigenvalue weighted by atomic mass is 16.6. The van der Waals surface area contributed by atoms with E-state index in [0.717, 1.165) is 12.5 Å². The second-order valence-electron chi connectivity index (χ2n) is 8.70. The van der Waals surface area contributed by atoms with Crippen LogP contribution >= 0.6 is 0 Å². The van der Waals surface area contributed by atoms with E-state index >= 15 is 0 Å². The summed E-state index contributed by atoms with van der Waals surface area (Å²) in [5.74, 6) is -2.27. The van der Waals surface area contributed by atoms with E-state index in [-0.39, 0.29) is 58.0 Å². The molecular formula is C25H20N2O8. The first kappa shape index (κ1) is 22.5. The summed E-state index contributed by atoms with van der Waals surface area (Å²) in [5, 5.41) is 11.1. The molecule has 1 heterocycles. The normalized spacial score (nSPS) is 24.0. The van der Waals surface area contributed by atoms with Crippen molar-refractivity contribution in [3.05, 3.63) is 75.9 Å². The number of carbonyl (C=O) groups excluding carboxylic acids is 4. The Morgan fingerprint density at radius 2 is 1.60 bits per heavy atom. The first-order chi connectivity index (χ1) is 16.8. The van der Waals surface area contributed by atoms with Crippen molar-refractivity contribution < 1.29 is 33.6 Å². The Hall–Kier alpha value is -4.34. The van der Waals surface area contributed by atoms with Gasteiger partial charge in [0.05, 0.1) is 35.1 Å². The van der Waals surface area contributed by atoms with Crippen LogP contribution in [0.25, 0.3) is 0 Å². The Kier molecular flexibility index (Phi) is 5.43. The third-order valence-electron chi connectivity index (χ3n) is 6.86. The maximum Gasteiger partial charge on any atom is 0.338 e. The minimum Gasteiger partial charge on any atom is -0.490 e. The molecule has 2 fully saturated rings. The van der Waals surface area contributed by atoms with Crippen LogP contribution in [0.15, 0.2) is 54.6 Å². The number of ketones is 1. The van der Waals surface area contributed by atoms with Gasteiger partial charge in [0.1, 0.15) is 0 Å². The van der Waals surface area contributed by atoms with Gasteiger partial charge in [-0.25, -0.2) is 4.79 Å². The average Bonchev–Trinajstić information content (AvgIpc) is 3.55. The summed E-state index contributed by atoms with van der Waals surface area (Å²) in [6, 6.07) is 9.53. The zero-order valence-electron chi connectivity index (χ0n) is 18.6. The number of nitro groups is 1. The van der Waals surface area contributed by atoms with Gasteiger partial charge in [0.2, 0.25) is 17.6 Å². The molecule has 0 spiro atoms. The first-order valence-electron chi connectivity index (χ1n) is 11.0. The maximum absolute atomic E-state index is 12.9. The van der Waals surface area contributed by atoms with Crippen molar-refractivity contribution in [3.8, 4) is 5.75 Å². The number of allylic oxidation sites excluding steroid dienone is 2. The quantitative estimate of drug-likeness (QED) is 0.149. The highest BCUT2D eigenvalue weighted by molar-refractivity contribution is 6.22. The van der Waals surface area contributed by atoms with Crippen molar-refractivity contribution in [1.29, 1.82) is 0 Å². The first-order valence-corrected chi connectivity index (χ1v) is 11.0. The van der Waals surface area contributed by atoms with Gasteiger partial charge < -0.3 is 9.47 Å². The molecule has 4 atom stereocenters. The molecular weight excluding hydrogens is 456 g/mol. The summed E-state index contributed by atoms with van der Waals surface area (Å²) in [4.78, 5) is 62.3. The SMILES string of the molecule is COc1ccc(C(=O)COC(=O)c2ccc(N3C(=O)[C@@H]4[C@@H](C3=O)[C@H]3C=C[C@@H]4C3)cc2)cc1[N+](=O)[O-]. The van der Waals surface area contributed by atoms with Crippen LogP contribution in [-0.2, 0) is 14.3 Å². The van der Waals surface area contributed by atoms with Gasteiger partial charge in [-0.15, -0.1) is 0 Å². The van der Waals surface area contributed by atoms with Crippen molar-refractivity contribution in [2.75, 3.05) is 18.6 Å². The summed E-state index contributed by atoms with van der Waals surface area (Å²) in [7, 11) is 1.28. The molecule has 10 nitrogen and oxygen atoms in total. The van der Waals surface area contributed by atoms with Crippen LogP contribution in [0.4, 0.5) is 11.4 Å². The molecule has 2 aromatic rings. The Morgan fingerprint density at radius 3 is 2.17 bits per heavy atom. The second-order valence-corrected chi connectivity index (χ2v) is 8.70. The van der Waals surface area contributed by atoms with Gasteiger partial charge in [0.15, 0.2) is 12.4 Å². The number of carbonyl (C=O) groups is 4. The number of anilines is 1. The number of nitro benzene ring substituents is 1. The number of hydrogen-bond donors (Lipinski definition) is 0.